The maximum Gasteiger partial charge on any atom is 0.349 e. The van der Waals surface area contributed by atoms with E-state index in [4.69, 9.17) is 9.84 Å². The number of unbranched alkanes of at least 4 members (excludes halogenated alkanes) is 3. The minimum atomic E-state index is -0.894. The van der Waals surface area contributed by atoms with E-state index in [1.807, 2.05) is 12.1 Å². The number of aryl methyl sites for hydroxylation is 1. The number of carbonyl (C=O) groups is 1. The van der Waals surface area contributed by atoms with Crippen molar-refractivity contribution in [3.8, 4) is 5.75 Å². The van der Waals surface area contributed by atoms with Crippen molar-refractivity contribution in [2.24, 2.45) is 0 Å². The summed E-state index contributed by atoms with van der Waals surface area (Å²) in [6.07, 6.45) is 8.02. The highest BCUT2D eigenvalue weighted by Crippen LogP contribution is 2.30. The SMILES string of the molecule is C=CCCCCCOc1cc(CCC)sc1C(=O)O. The molecule has 1 rings (SSSR count). The molecule has 0 spiro atoms. The maximum absolute atomic E-state index is 11.1. The van der Waals surface area contributed by atoms with Crippen LogP contribution in [-0.2, 0) is 6.42 Å². The van der Waals surface area contributed by atoms with E-state index >= 15 is 0 Å². The summed E-state index contributed by atoms with van der Waals surface area (Å²) in [6.45, 7) is 6.35. The van der Waals surface area contributed by atoms with Crippen LogP contribution >= 0.6 is 11.3 Å². The van der Waals surface area contributed by atoms with Crippen LogP contribution in [0.5, 0.6) is 5.75 Å². The average molecular weight is 282 g/mol. The Bertz CT molecular complexity index is 410. The first-order chi connectivity index (χ1) is 9.19. The molecule has 106 valence electrons. The summed E-state index contributed by atoms with van der Waals surface area (Å²) in [5, 5.41) is 9.14. The number of hydrogen-bond donors (Lipinski definition) is 1. The van der Waals surface area contributed by atoms with Crippen molar-refractivity contribution < 1.29 is 14.6 Å². The first-order valence-electron chi connectivity index (χ1n) is 6.78. The molecule has 1 aromatic heterocycles. The molecule has 0 bridgehead atoms. The molecule has 4 heteroatoms. The van der Waals surface area contributed by atoms with Crippen LogP contribution in [0.1, 0.15) is 53.6 Å². The summed E-state index contributed by atoms with van der Waals surface area (Å²) in [4.78, 5) is 12.5. The normalized spacial score (nSPS) is 10.4. The molecule has 0 aliphatic carbocycles. The van der Waals surface area contributed by atoms with E-state index in [9.17, 15) is 4.79 Å². The van der Waals surface area contributed by atoms with Gasteiger partial charge in [-0.25, -0.2) is 4.79 Å². The van der Waals surface area contributed by atoms with Crippen LogP contribution in [-0.4, -0.2) is 17.7 Å². The molecule has 0 radical (unpaired) electrons. The Hall–Kier alpha value is -1.29. The van der Waals surface area contributed by atoms with Crippen molar-refractivity contribution in [3.05, 3.63) is 28.5 Å². The summed E-state index contributed by atoms with van der Waals surface area (Å²) in [5.41, 5.74) is 0. The van der Waals surface area contributed by atoms with Crippen LogP contribution in [0.3, 0.4) is 0 Å². The fourth-order valence-corrected chi connectivity index (χ4v) is 2.84. The van der Waals surface area contributed by atoms with Crippen LogP contribution in [0.2, 0.25) is 0 Å². The molecule has 0 saturated heterocycles. The van der Waals surface area contributed by atoms with Gasteiger partial charge >= 0.3 is 5.97 Å². The minimum absolute atomic E-state index is 0.328. The summed E-state index contributed by atoms with van der Waals surface area (Å²) in [5.74, 6) is -0.362. The Kier molecular flexibility index (Phi) is 7.26. The molecule has 0 atom stereocenters. The number of aromatic carboxylic acids is 1. The zero-order valence-corrected chi connectivity index (χ0v) is 12.3. The highest BCUT2D eigenvalue weighted by Gasteiger charge is 2.16. The summed E-state index contributed by atoms with van der Waals surface area (Å²) >= 11 is 1.33. The lowest BCUT2D eigenvalue weighted by Crippen LogP contribution is -2.01. The molecule has 0 aliphatic heterocycles. The van der Waals surface area contributed by atoms with Gasteiger partial charge in [-0.2, -0.15) is 0 Å². The van der Waals surface area contributed by atoms with Crippen molar-refractivity contribution in [2.45, 2.75) is 45.4 Å². The molecular formula is C15H22O3S. The van der Waals surface area contributed by atoms with Gasteiger partial charge in [-0.05, 0) is 38.2 Å². The fourth-order valence-electron chi connectivity index (χ4n) is 1.80. The molecule has 0 aromatic carbocycles. The van der Waals surface area contributed by atoms with Crippen molar-refractivity contribution in [2.75, 3.05) is 6.61 Å². The number of thiophene rings is 1. The average Bonchev–Trinajstić information content (AvgIpc) is 2.77. The smallest absolute Gasteiger partial charge is 0.349 e. The first kappa shape index (κ1) is 15.8. The Labute approximate surface area is 118 Å². The molecule has 1 aromatic rings. The lowest BCUT2D eigenvalue weighted by molar-refractivity contribution is 0.0698. The van der Waals surface area contributed by atoms with Crippen LogP contribution in [0, 0.1) is 0 Å². The van der Waals surface area contributed by atoms with Gasteiger partial charge in [0.15, 0.2) is 4.88 Å². The monoisotopic (exact) mass is 282 g/mol. The Balaban J connectivity index is 2.46. The molecule has 0 amide bonds. The van der Waals surface area contributed by atoms with Gasteiger partial charge in [-0.1, -0.05) is 19.4 Å². The largest absolute Gasteiger partial charge is 0.492 e. The highest BCUT2D eigenvalue weighted by atomic mass is 32.1. The van der Waals surface area contributed by atoms with E-state index in [-0.39, 0.29) is 0 Å². The predicted octanol–water partition coefficient (Wildman–Crippen LogP) is 4.52. The van der Waals surface area contributed by atoms with Gasteiger partial charge in [-0.15, -0.1) is 17.9 Å². The van der Waals surface area contributed by atoms with Crippen molar-refractivity contribution in [1.29, 1.82) is 0 Å². The Morgan fingerprint density at radius 1 is 1.47 bits per heavy atom. The van der Waals surface area contributed by atoms with E-state index in [0.29, 0.717) is 17.2 Å². The summed E-state index contributed by atoms with van der Waals surface area (Å²) < 4.78 is 5.61. The molecule has 1 N–H and O–H groups in total. The highest BCUT2D eigenvalue weighted by molar-refractivity contribution is 7.14. The quantitative estimate of drug-likeness (QED) is 0.507. The van der Waals surface area contributed by atoms with E-state index in [2.05, 4.69) is 13.5 Å². The third kappa shape index (κ3) is 5.47. The number of carboxylic acids is 1. The van der Waals surface area contributed by atoms with Crippen LogP contribution in [0.15, 0.2) is 18.7 Å². The van der Waals surface area contributed by atoms with Crippen LogP contribution in [0.4, 0.5) is 0 Å². The van der Waals surface area contributed by atoms with E-state index in [1.54, 1.807) is 0 Å². The predicted molar refractivity (Wildman–Crippen MR) is 79.4 cm³/mol. The van der Waals surface area contributed by atoms with Gasteiger partial charge in [-0.3, -0.25) is 0 Å². The molecule has 0 fully saturated rings. The standard InChI is InChI=1S/C15H22O3S/c1-3-5-6-7-8-10-18-13-11-12(9-4-2)19-14(13)15(16)17/h3,11H,1,4-10H2,2H3,(H,16,17). The maximum atomic E-state index is 11.1. The van der Waals surface area contributed by atoms with Crippen LogP contribution in [0.25, 0.3) is 0 Å². The molecule has 0 unspecified atom stereocenters. The van der Waals surface area contributed by atoms with E-state index in [1.165, 1.54) is 11.3 Å². The molecule has 0 aliphatic rings. The van der Waals surface area contributed by atoms with Gasteiger partial charge in [0.2, 0.25) is 0 Å². The van der Waals surface area contributed by atoms with Crippen molar-refractivity contribution in [1.82, 2.24) is 0 Å². The summed E-state index contributed by atoms with van der Waals surface area (Å²) in [7, 11) is 0. The van der Waals surface area contributed by atoms with Gasteiger partial charge in [0, 0.05) is 4.88 Å². The zero-order valence-electron chi connectivity index (χ0n) is 11.5. The number of ether oxygens (including phenoxy) is 1. The lowest BCUT2D eigenvalue weighted by atomic mass is 10.2. The number of hydrogen-bond acceptors (Lipinski definition) is 3. The summed E-state index contributed by atoms with van der Waals surface area (Å²) in [6, 6.07) is 1.88. The second-order valence-electron chi connectivity index (χ2n) is 4.45. The third-order valence-corrected chi connectivity index (χ3v) is 3.91. The first-order valence-corrected chi connectivity index (χ1v) is 7.60. The second-order valence-corrected chi connectivity index (χ2v) is 5.58. The van der Waals surface area contributed by atoms with E-state index < -0.39 is 5.97 Å². The Morgan fingerprint density at radius 2 is 2.26 bits per heavy atom. The Morgan fingerprint density at radius 3 is 2.89 bits per heavy atom. The second kappa shape index (κ2) is 8.75. The number of carboxylic acid groups (broad SMARTS) is 1. The lowest BCUT2D eigenvalue weighted by Gasteiger charge is -2.04. The van der Waals surface area contributed by atoms with Gasteiger partial charge in [0.25, 0.3) is 0 Å². The molecule has 19 heavy (non-hydrogen) atoms. The van der Waals surface area contributed by atoms with Crippen LogP contribution < -0.4 is 4.74 Å². The third-order valence-electron chi connectivity index (χ3n) is 2.75. The molecule has 1 heterocycles. The van der Waals surface area contributed by atoms with Crippen molar-refractivity contribution in [3.63, 3.8) is 0 Å². The fraction of sp³-hybridized carbons (Fsp3) is 0.533. The van der Waals surface area contributed by atoms with Gasteiger partial charge in [0.05, 0.1) is 6.61 Å². The number of allylic oxidation sites excluding steroid dienone is 1. The van der Waals surface area contributed by atoms with E-state index in [0.717, 1.165) is 43.4 Å². The topological polar surface area (TPSA) is 46.5 Å². The van der Waals surface area contributed by atoms with Crippen molar-refractivity contribution >= 4 is 17.3 Å². The van der Waals surface area contributed by atoms with Gasteiger partial charge in [0.1, 0.15) is 5.75 Å². The molecular weight excluding hydrogens is 260 g/mol. The minimum Gasteiger partial charge on any atom is -0.492 e. The molecule has 3 nitrogen and oxygen atoms in total. The van der Waals surface area contributed by atoms with Gasteiger partial charge < -0.3 is 9.84 Å². The zero-order chi connectivity index (χ0) is 14.1. The molecule has 0 saturated carbocycles. The number of rotatable bonds is 10.